The fourth-order valence-corrected chi connectivity index (χ4v) is 2.00. The van der Waals surface area contributed by atoms with E-state index in [4.69, 9.17) is 11.6 Å². The molecule has 0 radical (unpaired) electrons. The van der Waals surface area contributed by atoms with Crippen LogP contribution in [0.4, 0.5) is 5.69 Å². The lowest BCUT2D eigenvalue weighted by Gasteiger charge is -2.18. The second-order valence-electron chi connectivity index (χ2n) is 4.31. The number of pyridine rings is 1. The maximum absolute atomic E-state index is 5.77. The van der Waals surface area contributed by atoms with Crippen molar-refractivity contribution in [1.82, 2.24) is 4.98 Å². The molecule has 1 aromatic carbocycles. The highest BCUT2D eigenvalue weighted by molar-refractivity contribution is 6.29. The van der Waals surface area contributed by atoms with Crippen molar-refractivity contribution < 1.29 is 0 Å². The zero-order valence-corrected chi connectivity index (χ0v) is 11.2. The van der Waals surface area contributed by atoms with Crippen LogP contribution in [0.1, 0.15) is 18.9 Å². The quantitative estimate of drug-likeness (QED) is 0.817. The molecule has 1 atom stereocenters. The summed E-state index contributed by atoms with van der Waals surface area (Å²) in [6.07, 6.45) is 3.85. The normalized spacial score (nSPS) is 12.1. The van der Waals surface area contributed by atoms with Crippen molar-refractivity contribution in [3.63, 3.8) is 0 Å². The number of halogens is 1. The molecule has 1 aromatic heterocycles. The van der Waals surface area contributed by atoms with Gasteiger partial charge in [-0.05, 0) is 30.5 Å². The second kappa shape index (κ2) is 6.41. The summed E-state index contributed by atoms with van der Waals surface area (Å²) in [5.74, 6) is 0. The van der Waals surface area contributed by atoms with Gasteiger partial charge in [0, 0.05) is 6.04 Å². The number of anilines is 1. The van der Waals surface area contributed by atoms with Crippen molar-refractivity contribution in [1.29, 1.82) is 0 Å². The van der Waals surface area contributed by atoms with Crippen molar-refractivity contribution in [2.24, 2.45) is 0 Å². The van der Waals surface area contributed by atoms with E-state index in [0.29, 0.717) is 11.2 Å². The van der Waals surface area contributed by atoms with Gasteiger partial charge in [-0.15, -0.1) is 0 Å². The van der Waals surface area contributed by atoms with Gasteiger partial charge in [0.15, 0.2) is 0 Å². The Bertz CT molecular complexity index is 468. The predicted octanol–water partition coefficient (Wildman–Crippen LogP) is 4.17. The summed E-state index contributed by atoms with van der Waals surface area (Å²) in [5.41, 5.74) is 2.36. The first-order chi connectivity index (χ1) is 8.78. The third-order valence-corrected chi connectivity index (χ3v) is 3.14. The molecule has 0 bridgehead atoms. The molecule has 0 aliphatic heterocycles. The van der Waals surface area contributed by atoms with Crippen LogP contribution in [-0.4, -0.2) is 11.0 Å². The van der Waals surface area contributed by atoms with Gasteiger partial charge in [-0.2, -0.15) is 0 Å². The summed E-state index contributed by atoms with van der Waals surface area (Å²) in [7, 11) is 0. The van der Waals surface area contributed by atoms with Gasteiger partial charge < -0.3 is 5.32 Å². The standard InChI is InChI=1S/C15H17ClN2/c1-2-13(10-12-6-4-3-5-7-12)18-14-8-9-15(16)17-11-14/h3-9,11,13,18H,2,10H2,1H3. The average molecular weight is 261 g/mol. The smallest absolute Gasteiger partial charge is 0.129 e. The highest BCUT2D eigenvalue weighted by Crippen LogP contribution is 2.14. The van der Waals surface area contributed by atoms with Crippen LogP contribution in [0.25, 0.3) is 0 Å². The number of benzene rings is 1. The molecule has 0 saturated heterocycles. The van der Waals surface area contributed by atoms with Crippen LogP contribution in [0.15, 0.2) is 48.7 Å². The van der Waals surface area contributed by atoms with Crippen LogP contribution in [-0.2, 0) is 6.42 Å². The zero-order valence-electron chi connectivity index (χ0n) is 10.4. The summed E-state index contributed by atoms with van der Waals surface area (Å²) >= 11 is 5.77. The largest absolute Gasteiger partial charge is 0.381 e. The first-order valence-corrected chi connectivity index (χ1v) is 6.57. The Morgan fingerprint density at radius 2 is 1.94 bits per heavy atom. The molecule has 94 valence electrons. The van der Waals surface area contributed by atoms with Gasteiger partial charge in [0.1, 0.15) is 5.15 Å². The second-order valence-corrected chi connectivity index (χ2v) is 4.70. The van der Waals surface area contributed by atoms with Crippen LogP contribution >= 0.6 is 11.6 Å². The molecule has 18 heavy (non-hydrogen) atoms. The summed E-state index contributed by atoms with van der Waals surface area (Å²) in [5, 5.41) is 4.01. The molecule has 1 heterocycles. The summed E-state index contributed by atoms with van der Waals surface area (Å²) in [6.45, 7) is 2.18. The van der Waals surface area contributed by atoms with E-state index in [0.717, 1.165) is 18.5 Å². The number of nitrogens with one attached hydrogen (secondary N) is 1. The molecule has 0 fully saturated rings. The summed E-state index contributed by atoms with van der Waals surface area (Å²) in [4.78, 5) is 4.08. The van der Waals surface area contributed by atoms with Gasteiger partial charge in [0.2, 0.25) is 0 Å². The maximum atomic E-state index is 5.77. The first-order valence-electron chi connectivity index (χ1n) is 6.20. The van der Waals surface area contributed by atoms with E-state index in [2.05, 4.69) is 41.5 Å². The minimum absolute atomic E-state index is 0.412. The number of aromatic nitrogens is 1. The van der Waals surface area contributed by atoms with Crippen molar-refractivity contribution in [2.75, 3.05) is 5.32 Å². The number of nitrogens with zero attached hydrogens (tertiary/aromatic N) is 1. The average Bonchev–Trinajstić information content (AvgIpc) is 2.41. The lowest BCUT2D eigenvalue weighted by atomic mass is 10.0. The first kappa shape index (κ1) is 12.9. The van der Waals surface area contributed by atoms with Crippen LogP contribution < -0.4 is 5.32 Å². The van der Waals surface area contributed by atoms with Gasteiger partial charge in [-0.25, -0.2) is 4.98 Å². The van der Waals surface area contributed by atoms with Gasteiger partial charge in [-0.1, -0.05) is 48.9 Å². The molecule has 0 spiro atoms. The minimum Gasteiger partial charge on any atom is -0.381 e. The Balaban J connectivity index is 1.99. The number of hydrogen-bond acceptors (Lipinski definition) is 2. The van der Waals surface area contributed by atoms with E-state index in [1.54, 1.807) is 12.3 Å². The van der Waals surface area contributed by atoms with E-state index in [1.165, 1.54) is 5.56 Å². The van der Waals surface area contributed by atoms with Gasteiger partial charge in [0.25, 0.3) is 0 Å². The van der Waals surface area contributed by atoms with E-state index < -0.39 is 0 Å². The number of rotatable bonds is 5. The molecular formula is C15H17ClN2. The molecule has 0 saturated carbocycles. The van der Waals surface area contributed by atoms with E-state index in [9.17, 15) is 0 Å². The third kappa shape index (κ3) is 3.74. The van der Waals surface area contributed by atoms with Gasteiger partial charge >= 0.3 is 0 Å². The lowest BCUT2D eigenvalue weighted by Crippen LogP contribution is -2.21. The van der Waals surface area contributed by atoms with Crippen LogP contribution in [0, 0.1) is 0 Å². The molecule has 1 unspecified atom stereocenters. The fraction of sp³-hybridized carbons (Fsp3) is 0.267. The molecule has 1 N–H and O–H groups in total. The number of hydrogen-bond donors (Lipinski definition) is 1. The Kier molecular flexibility index (Phi) is 4.59. The summed E-state index contributed by atoms with van der Waals surface area (Å²) in [6, 6.07) is 14.7. The van der Waals surface area contributed by atoms with Crippen molar-refractivity contribution in [3.05, 3.63) is 59.4 Å². The fourth-order valence-electron chi connectivity index (χ4n) is 1.89. The van der Waals surface area contributed by atoms with Gasteiger partial charge in [-0.3, -0.25) is 0 Å². The Hall–Kier alpha value is -1.54. The van der Waals surface area contributed by atoms with Crippen LogP contribution in [0.2, 0.25) is 5.15 Å². The Morgan fingerprint density at radius 1 is 1.17 bits per heavy atom. The molecule has 2 rings (SSSR count). The van der Waals surface area contributed by atoms with Crippen molar-refractivity contribution >= 4 is 17.3 Å². The van der Waals surface area contributed by atoms with Crippen molar-refractivity contribution in [2.45, 2.75) is 25.8 Å². The van der Waals surface area contributed by atoms with Crippen LogP contribution in [0.5, 0.6) is 0 Å². The molecule has 0 aliphatic rings. The minimum atomic E-state index is 0.412. The van der Waals surface area contributed by atoms with E-state index in [1.807, 2.05) is 12.1 Å². The highest BCUT2D eigenvalue weighted by atomic mass is 35.5. The molecule has 0 amide bonds. The molecule has 2 aromatic rings. The van der Waals surface area contributed by atoms with Crippen molar-refractivity contribution in [3.8, 4) is 0 Å². The monoisotopic (exact) mass is 260 g/mol. The molecule has 3 heteroatoms. The predicted molar refractivity (Wildman–Crippen MR) is 77.1 cm³/mol. The van der Waals surface area contributed by atoms with Crippen LogP contribution in [0.3, 0.4) is 0 Å². The molecular weight excluding hydrogens is 244 g/mol. The SMILES string of the molecule is CCC(Cc1ccccc1)Nc1ccc(Cl)nc1. The topological polar surface area (TPSA) is 24.9 Å². The maximum Gasteiger partial charge on any atom is 0.129 e. The summed E-state index contributed by atoms with van der Waals surface area (Å²) < 4.78 is 0. The lowest BCUT2D eigenvalue weighted by molar-refractivity contribution is 0.690. The Morgan fingerprint density at radius 3 is 2.56 bits per heavy atom. The molecule has 0 aliphatic carbocycles. The Labute approximate surface area is 113 Å². The van der Waals surface area contributed by atoms with E-state index >= 15 is 0 Å². The van der Waals surface area contributed by atoms with E-state index in [-0.39, 0.29) is 0 Å². The third-order valence-electron chi connectivity index (χ3n) is 2.92. The highest BCUT2D eigenvalue weighted by Gasteiger charge is 2.07. The van der Waals surface area contributed by atoms with Gasteiger partial charge in [0.05, 0.1) is 11.9 Å². The molecule has 2 nitrogen and oxygen atoms in total. The zero-order chi connectivity index (χ0) is 12.8.